The zero-order valence-electron chi connectivity index (χ0n) is 13.0. The summed E-state index contributed by atoms with van der Waals surface area (Å²) in [4.78, 5) is 28.2. The largest absolute Gasteiger partial charge is 0.335 e. The Morgan fingerprint density at radius 2 is 2.18 bits per heavy atom. The molecule has 1 aliphatic rings. The molecule has 0 amide bonds. The predicted molar refractivity (Wildman–Crippen MR) is 88.5 cm³/mol. The van der Waals surface area contributed by atoms with E-state index >= 15 is 0 Å². The summed E-state index contributed by atoms with van der Waals surface area (Å²) < 4.78 is 0.939. The zero-order valence-corrected chi connectivity index (χ0v) is 14.6. The second kappa shape index (κ2) is 6.73. The molecule has 0 saturated heterocycles. The third-order valence-corrected chi connectivity index (χ3v) is 5.07. The molecule has 0 N–H and O–H groups in total. The Morgan fingerprint density at radius 1 is 1.45 bits per heavy atom. The summed E-state index contributed by atoms with van der Waals surface area (Å²) in [5.41, 5.74) is 0.710. The number of benzene rings is 1. The summed E-state index contributed by atoms with van der Waals surface area (Å²) in [5, 5.41) is 3.73. The molecular weight excluding hydrogens is 346 g/mol. The molecule has 1 aliphatic carbocycles. The first-order valence-corrected chi connectivity index (χ1v) is 8.09. The van der Waals surface area contributed by atoms with Crippen LogP contribution in [0.5, 0.6) is 0 Å². The third kappa shape index (κ3) is 3.83. The van der Waals surface area contributed by atoms with E-state index in [0.29, 0.717) is 6.42 Å². The van der Waals surface area contributed by atoms with E-state index in [-0.39, 0.29) is 29.0 Å². The van der Waals surface area contributed by atoms with Crippen LogP contribution in [0.1, 0.15) is 39.2 Å². The van der Waals surface area contributed by atoms with Gasteiger partial charge in [-0.05, 0) is 42.4 Å². The molecule has 0 unspecified atom stereocenters. The number of nitrogens with zero attached hydrogens (tertiary/aromatic N) is 1. The third-order valence-electron chi connectivity index (χ3n) is 4.58. The van der Waals surface area contributed by atoms with E-state index in [0.717, 1.165) is 16.5 Å². The summed E-state index contributed by atoms with van der Waals surface area (Å²) in [7, 11) is 0. The van der Waals surface area contributed by atoms with Gasteiger partial charge in [0, 0.05) is 10.4 Å². The molecule has 1 aromatic carbocycles. The maximum absolute atomic E-state index is 11.8. The van der Waals surface area contributed by atoms with Gasteiger partial charge in [0.25, 0.3) is 0 Å². The molecule has 0 heterocycles. The topological polar surface area (TPSA) is 55.7 Å². The fourth-order valence-electron chi connectivity index (χ4n) is 3.02. The van der Waals surface area contributed by atoms with E-state index in [1.54, 1.807) is 6.92 Å². The van der Waals surface area contributed by atoms with E-state index in [1.807, 2.05) is 38.1 Å². The highest BCUT2D eigenvalue weighted by Gasteiger charge is 2.50. The maximum atomic E-state index is 11.8. The van der Waals surface area contributed by atoms with Gasteiger partial charge in [0.05, 0.1) is 12.6 Å². The monoisotopic (exact) mass is 365 g/mol. The molecule has 1 aromatic rings. The van der Waals surface area contributed by atoms with Gasteiger partial charge in [0.1, 0.15) is 5.78 Å². The van der Waals surface area contributed by atoms with Crippen LogP contribution in [0.25, 0.3) is 0 Å². The number of carbonyl (C=O) groups is 2. The molecule has 0 radical (unpaired) electrons. The lowest BCUT2D eigenvalue weighted by molar-refractivity contribution is -0.153. The summed E-state index contributed by atoms with van der Waals surface area (Å²) >= 11 is 3.37. The lowest BCUT2D eigenvalue weighted by Gasteiger charge is -2.50. The highest BCUT2D eigenvalue weighted by atomic mass is 79.9. The number of Topliss-reactive ketones (excluding diaryl/α,β-unsaturated/α-hetero) is 1. The van der Waals surface area contributed by atoms with Crippen LogP contribution in [0.4, 0.5) is 0 Å². The van der Waals surface area contributed by atoms with Crippen molar-refractivity contribution in [1.29, 1.82) is 0 Å². The Morgan fingerprint density at radius 3 is 2.77 bits per heavy atom. The van der Waals surface area contributed by atoms with Crippen molar-refractivity contribution in [1.82, 2.24) is 0 Å². The predicted octanol–water partition coefficient (Wildman–Crippen LogP) is 3.97. The van der Waals surface area contributed by atoms with Gasteiger partial charge < -0.3 is 4.84 Å². The van der Waals surface area contributed by atoms with E-state index < -0.39 is 0 Å². The molecule has 0 aromatic heterocycles. The maximum Gasteiger partial charge on any atom is 0.335 e. The van der Waals surface area contributed by atoms with E-state index in [4.69, 9.17) is 4.84 Å². The Hall–Kier alpha value is -1.49. The average Bonchev–Trinajstić information content (AvgIpc) is 2.42. The van der Waals surface area contributed by atoms with E-state index in [2.05, 4.69) is 21.1 Å². The van der Waals surface area contributed by atoms with Crippen molar-refractivity contribution in [2.45, 2.75) is 33.6 Å². The molecule has 2 rings (SSSR count). The number of halogens is 1. The normalized spacial score (nSPS) is 23.1. The quantitative estimate of drug-likeness (QED) is 0.450. The van der Waals surface area contributed by atoms with Gasteiger partial charge in [0.15, 0.2) is 0 Å². The van der Waals surface area contributed by atoms with E-state index in [1.165, 1.54) is 6.21 Å². The van der Waals surface area contributed by atoms with Gasteiger partial charge in [0.2, 0.25) is 0 Å². The van der Waals surface area contributed by atoms with Gasteiger partial charge in [-0.2, -0.15) is 0 Å². The minimum Gasteiger partial charge on any atom is -0.318 e. The van der Waals surface area contributed by atoms with Gasteiger partial charge >= 0.3 is 5.97 Å². The molecule has 0 bridgehead atoms. The van der Waals surface area contributed by atoms with Crippen molar-refractivity contribution >= 4 is 33.9 Å². The summed E-state index contributed by atoms with van der Waals surface area (Å²) in [5.74, 6) is 0.0686. The van der Waals surface area contributed by atoms with Crippen LogP contribution in [0, 0.1) is 17.3 Å². The van der Waals surface area contributed by atoms with Crippen molar-refractivity contribution in [2.75, 3.05) is 0 Å². The Bertz CT molecular complexity index is 610. The smallest absolute Gasteiger partial charge is 0.318 e. The second-order valence-corrected chi connectivity index (χ2v) is 7.29. The van der Waals surface area contributed by atoms with Crippen LogP contribution in [-0.2, 0) is 14.4 Å². The summed E-state index contributed by atoms with van der Waals surface area (Å²) in [6, 6.07) is 7.54. The SMILES string of the molecule is CC(=O)[C@H]1C[C@@H](CC(=O)ON=Cc2cccc(Br)c2)C1(C)C. The van der Waals surface area contributed by atoms with Gasteiger partial charge in [-0.25, -0.2) is 4.79 Å². The molecule has 5 heteroatoms. The highest BCUT2D eigenvalue weighted by Crippen LogP contribution is 2.53. The number of carbonyl (C=O) groups excluding carboxylic acids is 2. The first-order valence-electron chi connectivity index (χ1n) is 7.30. The van der Waals surface area contributed by atoms with Crippen LogP contribution in [0.15, 0.2) is 33.9 Å². The first kappa shape index (κ1) is 16.9. The number of oxime groups is 1. The number of rotatable bonds is 5. The molecule has 22 heavy (non-hydrogen) atoms. The average molecular weight is 366 g/mol. The molecule has 0 spiro atoms. The molecular formula is C17H20BrNO3. The van der Waals surface area contributed by atoms with Crippen molar-refractivity contribution < 1.29 is 14.4 Å². The van der Waals surface area contributed by atoms with E-state index in [9.17, 15) is 9.59 Å². The zero-order chi connectivity index (χ0) is 16.3. The molecule has 1 fully saturated rings. The Kier molecular flexibility index (Phi) is 5.16. The standard InChI is InChI=1S/C17H20BrNO3/c1-11(20)15-8-13(17(15,2)3)9-16(21)22-19-10-12-5-4-6-14(18)7-12/h4-7,10,13,15H,8-9H2,1-3H3/t13-,15+/m0/s1. The Balaban J connectivity index is 1.83. The minimum atomic E-state index is -0.355. The molecule has 4 nitrogen and oxygen atoms in total. The number of ketones is 1. The van der Waals surface area contributed by atoms with Crippen molar-refractivity contribution in [3.63, 3.8) is 0 Å². The first-order chi connectivity index (χ1) is 10.3. The summed E-state index contributed by atoms with van der Waals surface area (Å²) in [6.45, 7) is 5.68. The van der Waals surface area contributed by atoms with Crippen molar-refractivity contribution in [2.24, 2.45) is 22.4 Å². The Labute approximate surface area is 139 Å². The van der Waals surface area contributed by atoms with Crippen LogP contribution in [-0.4, -0.2) is 18.0 Å². The molecule has 118 valence electrons. The van der Waals surface area contributed by atoms with Crippen molar-refractivity contribution in [3.8, 4) is 0 Å². The lowest BCUT2D eigenvalue weighted by Crippen LogP contribution is -2.48. The second-order valence-electron chi connectivity index (χ2n) is 6.37. The van der Waals surface area contributed by atoms with Gasteiger partial charge in [-0.1, -0.05) is 47.1 Å². The number of hydrogen-bond acceptors (Lipinski definition) is 4. The van der Waals surface area contributed by atoms with Crippen molar-refractivity contribution in [3.05, 3.63) is 34.3 Å². The fourth-order valence-corrected chi connectivity index (χ4v) is 3.44. The van der Waals surface area contributed by atoms with Crippen LogP contribution >= 0.6 is 15.9 Å². The van der Waals surface area contributed by atoms with Crippen LogP contribution < -0.4 is 0 Å². The van der Waals surface area contributed by atoms with Gasteiger partial charge in [-0.3, -0.25) is 4.79 Å². The molecule has 1 saturated carbocycles. The fraction of sp³-hybridized carbons (Fsp3) is 0.471. The highest BCUT2D eigenvalue weighted by molar-refractivity contribution is 9.10. The van der Waals surface area contributed by atoms with Crippen LogP contribution in [0.2, 0.25) is 0 Å². The number of hydrogen-bond donors (Lipinski definition) is 0. The molecule has 0 aliphatic heterocycles. The van der Waals surface area contributed by atoms with Crippen LogP contribution in [0.3, 0.4) is 0 Å². The minimum absolute atomic E-state index is 0.0514. The molecule has 2 atom stereocenters. The summed E-state index contributed by atoms with van der Waals surface area (Å²) in [6.07, 6.45) is 2.56. The van der Waals surface area contributed by atoms with Gasteiger partial charge in [-0.15, -0.1) is 0 Å². The lowest BCUT2D eigenvalue weighted by atomic mass is 9.53.